The quantitative estimate of drug-likeness (QED) is 0.732. The summed E-state index contributed by atoms with van der Waals surface area (Å²) in [6.07, 6.45) is -3.19. The van der Waals surface area contributed by atoms with E-state index >= 15 is 0 Å². The van der Waals surface area contributed by atoms with Crippen LogP contribution in [0.1, 0.15) is 23.1 Å². The zero-order valence-corrected chi connectivity index (χ0v) is 15.3. The van der Waals surface area contributed by atoms with E-state index in [4.69, 9.17) is 0 Å². The van der Waals surface area contributed by atoms with Crippen molar-refractivity contribution in [3.63, 3.8) is 0 Å². The second-order valence-electron chi connectivity index (χ2n) is 6.54. The third-order valence-electron chi connectivity index (χ3n) is 4.46. The molecule has 0 bridgehead atoms. The van der Waals surface area contributed by atoms with E-state index in [9.17, 15) is 22.8 Å². The van der Waals surface area contributed by atoms with Gasteiger partial charge in [-0.3, -0.25) is 14.2 Å². The molecule has 1 N–H and O–H groups in total. The molecule has 0 aliphatic rings. The van der Waals surface area contributed by atoms with Gasteiger partial charge in [0, 0.05) is 18.7 Å². The highest BCUT2D eigenvalue weighted by molar-refractivity contribution is 5.90. The maximum Gasteiger partial charge on any atom is 0.416 e. The molecule has 28 heavy (non-hydrogen) atoms. The average Bonchev–Trinajstić information content (AvgIpc) is 2.62. The number of alkyl halides is 3. The van der Waals surface area contributed by atoms with Gasteiger partial charge < -0.3 is 5.32 Å². The van der Waals surface area contributed by atoms with Crippen molar-refractivity contribution in [1.29, 1.82) is 0 Å². The highest BCUT2D eigenvalue weighted by atomic mass is 19.4. The minimum Gasteiger partial charge on any atom is -0.326 e. The SMILES string of the molecule is Cc1ccc(NC(=O)CCn2cnc3c(C)cccc3c2=O)cc1C(F)(F)F. The number of halogens is 3. The van der Waals surface area contributed by atoms with Crippen molar-refractivity contribution in [1.82, 2.24) is 9.55 Å². The molecule has 3 rings (SSSR count). The lowest BCUT2D eigenvalue weighted by Gasteiger charge is -2.13. The van der Waals surface area contributed by atoms with E-state index in [1.54, 1.807) is 12.1 Å². The Morgan fingerprint density at radius 1 is 1.14 bits per heavy atom. The fourth-order valence-electron chi connectivity index (χ4n) is 2.95. The van der Waals surface area contributed by atoms with Gasteiger partial charge in [-0.25, -0.2) is 4.98 Å². The van der Waals surface area contributed by atoms with Crippen molar-refractivity contribution in [2.24, 2.45) is 0 Å². The van der Waals surface area contributed by atoms with Crippen molar-refractivity contribution in [2.75, 3.05) is 5.32 Å². The Balaban J connectivity index is 1.73. The standard InChI is InChI=1S/C20H18F3N3O2/c1-12-6-7-14(10-16(12)20(21,22)23)25-17(27)8-9-26-11-24-18-13(2)4-3-5-15(18)19(26)28/h3-7,10-11H,8-9H2,1-2H3,(H,25,27). The normalized spacial score (nSPS) is 11.6. The Hall–Kier alpha value is -3.16. The van der Waals surface area contributed by atoms with Gasteiger partial charge in [0.1, 0.15) is 0 Å². The highest BCUT2D eigenvalue weighted by Crippen LogP contribution is 2.33. The molecule has 2 aromatic carbocycles. The molecule has 0 atom stereocenters. The van der Waals surface area contributed by atoms with Gasteiger partial charge in [-0.15, -0.1) is 0 Å². The maximum absolute atomic E-state index is 13.0. The number of aryl methyl sites for hydroxylation is 3. The summed E-state index contributed by atoms with van der Waals surface area (Å²) in [5.74, 6) is -0.492. The number of hydrogen-bond donors (Lipinski definition) is 1. The summed E-state index contributed by atoms with van der Waals surface area (Å²) >= 11 is 0. The molecule has 0 saturated carbocycles. The average molecular weight is 389 g/mol. The lowest BCUT2D eigenvalue weighted by molar-refractivity contribution is -0.138. The predicted molar refractivity (Wildman–Crippen MR) is 100 cm³/mol. The fourth-order valence-corrected chi connectivity index (χ4v) is 2.95. The van der Waals surface area contributed by atoms with Gasteiger partial charge in [-0.05, 0) is 43.2 Å². The molecule has 0 saturated heterocycles. The van der Waals surface area contributed by atoms with Gasteiger partial charge in [0.2, 0.25) is 5.91 Å². The van der Waals surface area contributed by atoms with Crippen LogP contribution in [-0.2, 0) is 17.5 Å². The number of amides is 1. The van der Waals surface area contributed by atoms with Crippen LogP contribution in [0.25, 0.3) is 10.9 Å². The Morgan fingerprint density at radius 2 is 1.89 bits per heavy atom. The van der Waals surface area contributed by atoms with Crippen LogP contribution in [-0.4, -0.2) is 15.5 Å². The highest BCUT2D eigenvalue weighted by Gasteiger charge is 2.32. The molecule has 0 aliphatic heterocycles. The van der Waals surface area contributed by atoms with Crippen LogP contribution in [0.15, 0.2) is 47.5 Å². The van der Waals surface area contributed by atoms with E-state index in [-0.39, 0.29) is 29.8 Å². The van der Waals surface area contributed by atoms with Gasteiger partial charge >= 0.3 is 6.18 Å². The van der Waals surface area contributed by atoms with Gasteiger partial charge in [0.25, 0.3) is 5.56 Å². The molecular formula is C20H18F3N3O2. The Morgan fingerprint density at radius 3 is 2.61 bits per heavy atom. The number of rotatable bonds is 4. The zero-order valence-electron chi connectivity index (χ0n) is 15.3. The molecule has 1 amide bonds. The topological polar surface area (TPSA) is 64.0 Å². The van der Waals surface area contributed by atoms with Gasteiger partial charge in [-0.1, -0.05) is 18.2 Å². The fraction of sp³-hybridized carbons (Fsp3) is 0.250. The number of benzene rings is 2. The number of carbonyl (C=O) groups is 1. The molecule has 0 unspecified atom stereocenters. The van der Waals surface area contributed by atoms with Crippen LogP contribution in [0.5, 0.6) is 0 Å². The Labute approximate surface area is 158 Å². The summed E-state index contributed by atoms with van der Waals surface area (Å²) < 4.78 is 40.3. The minimum absolute atomic E-state index is 0.0579. The van der Waals surface area contributed by atoms with Crippen molar-refractivity contribution in [3.05, 3.63) is 69.8 Å². The molecule has 146 valence electrons. The molecule has 5 nitrogen and oxygen atoms in total. The number of nitrogens with one attached hydrogen (secondary N) is 1. The number of nitrogens with zero attached hydrogens (tertiary/aromatic N) is 2. The third kappa shape index (κ3) is 4.05. The van der Waals surface area contributed by atoms with E-state index < -0.39 is 17.6 Å². The molecule has 3 aromatic rings. The van der Waals surface area contributed by atoms with E-state index in [0.717, 1.165) is 11.6 Å². The van der Waals surface area contributed by atoms with E-state index in [0.29, 0.717) is 10.9 Å². The van der Waals surface area contributed by atoms with Crippen LogP contribution in [0.3, 0.4) is 0 Å². The number of hydrogen-bond acceptors (Lipinski definition) is 3. The van der Waals surface area contributed by atoms with Crippen molar-refractivity contribution in [2.45, 2.75) is 33.0 Å². The molecule has 1 heterocycles. The lowest BCUT2D eigenvalue weighted by Crippen LogP contribution is -2.24. The van der Waals surface area contributed by atoms with Crippen molar-refractivity contribution in [3.8, 4) is 0 Å². The van der Waals surface area contributed by atoms with Crippen LogP contribution in [0.2, 0.25) is 0 Å². The van der Waals surface area contributed by atoms with E-state index in [1.165, 1.54) is 30.0 Å². The molecule has 0 spiro atoms. The monoisotopic (exact) mass is 389 g/mol. The number of anilines is 1. The van der Waals surface area contributed by atoms with Crippen LogP contribution in [0.4, 0.5) is 18.9 Å². The second-order valence-corrected chi connectivity index (χ2v) is 6.54. The first kappa shape index (κ1) is 19.6. The summed E-state index contributed by atoms with van der Waals surface area (Å²) in [7, 11) is 0. The molecule has 0 radical (unpaired) electrons. The summed E-state index contributed by atoms with van der Waals surface area (Å²) in [6.45, 7) is 3.28. The largest absolute Gasteiger partial charge is 0.416 e. The molecular weight excluding hydrogens is 371 g/mol. The van der Waals surface area contributed by atoms with Crippen LogP contribution in [0, 0.1) is 13.8 Å². The number of fused-ring (bicyclic) bond motifs is 1. The smallest absolute Gasteiger partial charge is 0.326 e. The number of carbonyl (C=O) groups excluding carboxylic acids is 1. The van der Waals surface area contributed by atoms with Gasteiger partial charge in [0.15, 0.2) is 0 Å². The first-order chi connectivity index (χ1) is 13.2. The minimum atomic E-state index is -4.49. The summed E-state index contributed by atoms with van der Waals surface area (Å²) in [5.41, 5.74) is 0.552. The Kier molecular flexibility index (Phi) is 5.22. The molecule has 0 fully saturated rings. The van der Waals surface area contributed by atoms with Gasteiger partial charge in [0.05, 0.1) is 22.8 Å². The van der Waals surface area contributed by atoms with E-state index in [1.807, 2.05) is 13.0 Å². The van der Waals surface area contributed by atoms with Crippen LogP contribution >= 0.6 is 0 Å². The lowest BCUT2D eigenvalue weighted by atomic mass is 10.1. The first-order valence-corrected chi connectivity index (χ1v) is 8.59. The second kappa shape index (κ2) is 7.46. The zero-order chi connectivity index (χ0) is 20.5. The molecule has 1 aromatic heterocycles. The maximum atomic E-state index is 13.0. The third-order valence-corrected chi connectivity index (χ3v) is 4.46. The molecule has 8 heteroatoms. The van der Waals surface area contributed by atoms with E-state index in [2.05, 4.69) is 10.3 Å². The Bertz CT molecular complexity index is 1100. The predicted octanol–water partition coefficient (Wildman–Crippen LogP) is 4.06. The van der Waals surface area contributed by atoms with Crippen LogP contribution < -0.4 is 10.9 Å². The summed E-state index contributed by atoms with van der Waals surface area (Å²) in [5, 5.41) is 2.90. The van der Waals surface area contributed by atoms with Crippen molar-refractivity contribution < 1.29 is 18.0 Å². The number of para-hydroxylation sites is 1. The van der Waals surface area contributed by atoms with Crippen molar-refractivity contribution >= 4 is 22.5 Å². The summed E-state index contributed by atoms with van der Waals surface area (Å²) in [4.78, 5) is 28.9. The van der Waals surface area contributed by atoms with Gasteiger partial charge in [-0.2, -0.15) is 13.2 Å². The first-order valence-electron chi connectivity index (χ1n) is 8.59. The summed E-state index contributed by atoms with van der Waals surface area (Å²) in [6, 6.07) is 8.89. The molecule has 0 aliphatic carbocycles. The number of aromatic nitrogens is 2.